The molecule has 2 aromatic carbocycles. The number of ketones is 1. The Morgan fingerprint density at radius 2 is 1.97 bits per heavy atom. The molecule has 1 aliphatic rings. The molecule has 1 heterocycles. The number of nitrogens with one attached hydrogen (secondary N) is 1. The molecule has 152 valence electrons. The van der Waals surface area contributed by atoms with Gasteiger partial charge < -0.3 is 19.7 Å². The molecule has 0 unspecified atom stereocenters. The molecule has 3 rings (SSSR count). The number of hydrogen-bond acceptors (Lipinski definition) is 5. The first kappa shape index (κ1) is 20.4. The molecule has 2 amide bonds. The fourth-order valence-corrected chi connectivity index (χ4v) is 2.94. The average Bonchev–Trinajstić information content (AvgIpc) is 2.74. The minimum absolute atomic E-state index is 0.0135. The molecule has 7 heteroatoms. The molecule has 0 bridgehead atoms. The highest BCUT2D eigenvalue weighted by Gasteiger charge is 2.23. The van der Waals surface area contributed by atoms with E-state index in [2.05, 4.69) is 5.32 Å². The van der Waals surface area contributed by atoms with Crippen molar-refractivity contribution in [3.63, 3.8) is 0 Å². The van der Waals surface area contributed by atoms with E-state index in [0.717, 1.165) is 6.42 Å². The highest BCUT2D eigenvalue weighted by Crippen LogP contribution is 2.32. The summed E-state index contributed by atoms with van der Waals surface area (Å²) in [5, 5.41) is 2.80. The summed E-state index contributed by atoms with van der Waals surface area (Å²) in [7, 11) is 1.64. The summed E-state index contributed by atoms with van der Waals surface area (Å²) >= 11 is 0. The van der Waals surface area contributed by atoms with Gasteiger partial charge in [-0.25, -0.2) is 0 Å². The number of likely N-dealkylation sites (N-methyl/N-ethyl adjacent to an activating group) is 1. The molecule has 29 heavy (non-hydrogen) atoms. The highest BCUT2D eigenvalue weighted by molar-refractivity contribution is 6.03. The number of carbonyl (C=O) groups is 3. The van der Waals surface area contributed by atoms with Crippen molar-refractivity contribution >= 4 is 29.0 Å². The third-order valence-electron chi connectivity index (χ3n) is 4.57. The number of carbonyl (C=O) groups excluding carboxylic acids is 3. The van der Waals surface area contributed by atoms with Gasteiger partial charge in [-0.05, 0) is 36.8 Å². The topological polar surface area (TPSA) is 84.9 Å². The van der Waals surface area contributed by atoms with Gasteiger partial charge in [-0.15, -0.1) is 0 Å². The maximum Gasteiger partial charge on any atom is 0.264 e. The largest absolute Gasteiger partial charge is 0.491 e. The minimum atomic E-state index is -0.264. The van der Waals surface area contributed by atoms with Crippen LogP contribution in [0.4, 0.5) is 11.4 Å². The molecule has 0 aromatic heterocycles. The van der Waals surface area contributed by atoms with E-state index in [4.69, 9.17) is 9.47 Å². The van der Waals surface area contributed by atoms with E-state index in [0.29, 0.717) is 35.0 Å². The number of fused-ring (bicyclic) bond motifs is 1. The van der Waals surface area contributed by atoms with Gasteiger partial charge in [0.25, 0.3) is 5.91 Å². The first-order valence-corrected chi connectivity index (χ1v) is 9.58. The van der Waals surface area contributed by atoms with Gasteiger partial charge in [0.15, 0.2) is 12.4 Å². The van der Waals surface area contributed by atoms with E-state index in [1.807, 2.05) is 19.1 Å². The predicted molar refractivity (Wildman–Crippen MR) is 110 cm³/mol. The van der Waals surface area contributed by atoms with Gasteiger partial charge in [0.2, 0.25) is 5.91 Å². The zero-order valence-corrected chi connectivity index (χ0v) is 16.6. The summed E-state index contributed by atoms with van der Waals surface area (Å²) in [6.07, 6.45) is 0.966. The molecular weight excluding hydrogens is 372 g/mol. The monoisotopic (exact) mass is 396 g/mol. The SMILES string of the molecule is CCCOc1ccccc1NC(=O)CCC(=O)c1ccc2c(c1)N(C)C(=O)CO2. The number of rotatable bonds is 8. The molecule has 7 nitrogen and oxygen atoms in total. The van der Waals surface area contributed by atoms with E-state index in [1.54, 1.807) is 37.4 Å². The Bertz CT molecular complexity index is 925. The number of benzene rings is 2. The van der Waals surface area contributed by atoms with Crippen LogP contribution in [-0.4, -0.2) is 37.9 Å². The van der Waals surface area contributed by atoms with Crippen molar-refractivity contribution in [3.8, 4) is 11.5 Å². The number of hydrogen-bond donors (Lipinski definition) is 1. The van der Waals surface area contributed by atoms with Gasteiger partial charge in [0.05, 0.1) is 18.0 Å². The van der Waals surface area contributed by atoms with Crippen LogP contribution in [0.3, 0.4) is 0 Å². The Hall–Kier alpha value is -3.35. The Morgan fingerprint density at radius 3 is 2.76 bits per heavy atom. The van der Waals surface area contributed by atoms with Crippen LogP contribution in [0.5, 0.6) is 11.5 Å². The van der Waals surface area contributed by atoms with Gasteiger partial charge in [-0.2, -0.15) is 0 Å². The van der Waals surface area contributed by atoms with Crippen LogP contribution in [-0.2, 0) is 9.59 Å². The second-order valence-corrected chi connectivity index (χ2v) is 6.74. The minimum Gasteiger partial charge on any atom is -0.491 e. The molecule has 0 radical (unpaired) electrons. The summed E-state index contributed by atoms with van der Waals surface area (Å²) < 4.78 is 11.0. The van der Waals surface area contributed by atoms with Crippen molar-refractivity contribution in [2.24, 2.45) is 0 Å². The summed E-state index contributed by atoms with van der Waals surface area (Å²) in [6, 6.07) is 12.2. The molecular formula is C22H24N2O5. The second-order valence-electron chi connectivity index (χ2n) is 6.74. The van der Waals surface area contributed by atoms with Crippen LogP contribution in [0.15, 0.2) is 42.5 Å². The standard InChI is InChI=1S/C22H24N2O5/c1-3-12-28-19-7-5-4-6-16(19)23-21(26)11-9-18(25)15-8-10-20-17(13-15)24(2)22(27)14-29-20/h4-8,10,13H,3,9,11-12,14H2,1-2H3,(H,23,26). The number of para-hydroxylation sites is 2. The van der Waals surface area contributed by atoms with Crippen LogP contribution in [0, 0.1) is 0 Å². The maximum atomic E-state index is 12.5. The van der Waals surface area contributed by atoms with Crippen molar-refractivity contribution in [2.75, 3.05) is 30.5 Å². The van der Waals surface area contributed by atoms with Gasteiger partial charge in [0.1, 0.15) is 11.5 Å². The average molecular weight is 396 g/mol. The Morgan fingerprint density at radius 1 is 1.17 bits per heavy atom. The van der Waals surface area contributed by atoms with Crippen molar-refractivity contribution in [2.45, 2.75) is 26.2 Å². The van der Waals surface area contributed by atoms with Crippen LogP contribution in [0.1, 0.15) is 36.5 Å². The van der Waals surface area contributed by atoms with E-state index in [9.17, 15) is 14.4 Å². The van der Waals surface area contributed by atoms with E-state index >= 15 is 0 Å². The molecule has 0 saturated carbocycles. The van der Waals surface area contributed by atoms with Crippen LogP contribution >= 0.6 is 0 Å². The number of Topliss-reactive ketones (excluding diaryl/α,β-unsaturated/α-hetero) is 1. The van der Waals surface area contributed by atoms with Crippen molar-refractivity contribution in [3.05, 3.63) is 48.0 Å². The lowest BCUT2D eigenvalue weighted by Crippen LogP contribution is -2.35. The van der Waals surface area contributed by atoms with E-state index in [-0.39, 0.29) is 37.0 Å². The number of ether oxygens (including phenoxy) is 2. The third-order valence-corrected chi connectivity index (χ3v) is 4.57. The lowest BCUT2D eigenvalue weighted by atomic mass is 10.0. The summed E-state index contributed by atoms with van der Waals surface area (Å²) in [5.41, 5.74) is 1.58. The van der Waals surface area contributed by atoms with Gasteiger partial charge in [-0.1, -0.05) is 19.1 Å². The van der Waals surface area contributed by atoms with Gasteiger partial charge in [-0.3, -0.25) is 14.4 Å². The lowest BCUT2D eigenvalue weighted by Gasteiger charge is -2.26. The Kier molecular flexibility index (Phi) is 6.49. The molecule has 0 saturated heterocycles. The van der Waals surface area contributed by atoms with Gasteiger partial charge in [0, 0.05) is 25.5 Å². The zero-order chi connectivity index (χ0) is 20.8. The molecule has 2 aromatic rings. The molecule has 0 spiro atoms. The highest BCUT2D eigenvalue weighted by atomic mass is 16.5. The normalized spacial score (nSPS) is 12.8. The molecule has 1 N–H and O–H groups in total. The molecule has 0 aliphatic carbocycles. The third kappa shape index (κ3) is 4.93. The Balaban J connectivity index is 1.60. The fourth-order valence-electron chi connectivity index (χ4n) is 2.94. The van der Waals surface area contributed by atoms with Crippen molar-refractivity contribution in [1.29, 1.82) is 0 Å². The first-order valence-electron chi connectivity index (χ1n) is 9.58. The van der Waals surface area contributed by atoms with Crippen molar-refractivity contribution < 1.29 is 23.9 Å². The fraction of sp³-hybridized carbons (Fsp3) is 0.318. The predicted octanol–water partition coefficient (Wildman–Crippen LogP) is 3.43. The van der Waals surface area contributed by atoms with E-state index < -0.39 is 0 Å². The number of amides is 2. The Labute approximate surface area is 169 Å². The van der Waals surface area contributed by atoms with Crippen LogP contribution in [0.25, 0.3) is 0 Å². The van der Waals surface area contributed by atoms with Crippen molar-refractivity contribution in [1.82, 2.24) is 0 Å². The zero-order valence-electron chi connectivity index (χ0n) is 16.6. The van der Waals surface area contributed by atoms with E-state index in [1.165, 1.54) is 4.90 Å². The van der Waals surface area contributed by atoms with Crippen LogP contribution < -0.4 is 19.7 Å². The van der Waals surface area contributed by atoms with Gasteiger partial charge >= 0.3 is 0 Å². The lowest BCUT2D eigenvalue weighted by molar-refractivity contribution is -0.121. The summed E-state index contributed by atoms with van der Waals surface area (Å²) in [6.45, 7) is 2.55. The smallest absolute Gasteiger partial charge is 0.264 e. The second kappa shape index (κ2) is 9.23. The molecule has 0 atom stereocenters. The number of anilines is 2. The van der Waals surface area contributed by atoms with Crippen LogP contribution in [0.2, 0.25) is 0 Å². The summed E-state index contributed by atoms with van der Waals surface area (Å²) in [4.78, 5) is 38.1. The quantitative estimate of drug-likeness (QED) is 0.691. The summed E-state index contributed by atoms with van der Waals surface area (Å²) in [5.74, 6) is 0.552. The molecule has 1 aliphatic heterocycles. The maximum absolute atomic E-state index is 12.5. The first-order chi connectivity index (χ1) is 14.0. The number of nitrogens with zero attached hydrogens (tertiary/aromatic N) is 1. The molecule has 0 fully saturated rings.